The summed E-state index contributed by atoms with van der Waals surface area (Å²) in [5.74, 6) is -0.489. The molecular weight excluding hydrogens is 518 g/mol. The van der Waals surface area contributed by atoms with Crippen LogP contribution in [0.1, 0.15) is 0 Å². The van der Waals surface area contributed by atoms with Gasteiger partial charge >= 0.3 is 0 Å². The highest BCUT2D eigenvalue weighted by molar-refractivity contribution is 7.93. The third-order valence-corrected chi connectivity index (χ3v) is 8.19. The maximum atomic E-state index is 12.6. The van der Waals surface area contributed by atoms with Crippen molar-refractivity contribution in [2.45, 2.75) is 9.79 Å². The number of nitrogens with one attached hydrogen (secondary N) is 2. The van der Waals surface area contributed by atoms with Gasteiger partial charge in [-0.2, -0.15) is 0 Å². The number of fused-ring (bicyclic) bond motifs is 1. The number of anilines is 2. The number of para-hydroxylation sites is 2. The summed E-state index contributed by atoms with van der Waals surface area (Å²) >= 11 is 0. The Hall–Kier alpha value is -4.55. The Morgan fingerprint density at radius 2 is 1.16 bits per heavy atom. The maximum Gasteiger partial charge on any atom is 0.265 e. The molecule has 5 rings (SSSR count). The topological polar surface area (TPSA) is 159 Å². The van der Waals surface area contributed by atoms with Crippen LogP contribution in [0.25, 0.3) is 22.6 Å². The lowest BCUT2D eigenvalue weighted by atomic mass is 10.2. The summed E-state index contributed by atoms with van der Waals surface area (Å²) in [6.07, 6.45) is 0. The number of aromatic nitrogens is 1. The van der Waals surface area contributed by atoms with Gasteiger partial charge in [-0.05, 0) is 66.7 Å². The Bertz CT molecular complexity index is 1830. The van der Waals surface area contributed by atoms with Crippen molar-refractivity contribution >= 4 is 42.5 Å². The average Bonchev–Trinajstić information content (AvgIpc) is 3.28. The molecule has 4 aromatic carbocycles. The highest BCUT2D eigenvalue weighted by Gasteiger charge is 2.20. The number of phenols is 2. The summed E-state index contributed by atoms with van der Waals surface area (Å²) in [5, 5.41) is 19.7. The van der Waals surface area contributed by atoms with Gasteiger partial charge in [0.1, 0.15) is 26.8 Å². The van der Waals surface area contributed by atoms with Crippen LogP contribution in [0, 0.1) is 0 Å². The second kappa shape index (κ2) is 9.15. The lowest BCUT2D eigenvalue weighted by Gasteiger charge is -2.09. The molecule has 0 atom stereocenters. The smallest absolute Gasteiger partial charge is 0.265 e. The molecule has 1 heterocycles. The zero-order chi connectivity index (χ0) is 26.2. The lowest BCUT2D eigenvalue weighted by Crippen LogP contribution is -2.13. The molecule has 0 unspecified atom stereocenters. The van der Waals surface area contributed by atoms with Crippen molar-refractivity contribution in [2.75, 3.05) is 9.44 Å². The van der Waals surface area contributed by atoms with Crippen LogP contribution in [0.3, 0.4) is 0 Å². The molecule has 0 amide bonds. The van der Waals surface area contributed by atoms with E-state index in [-0.39, 0.29) is 38.6 Å². The summed E-state index contributed by atoms with van der Waals surface area (Å²) in [7, 11) is -8.03. The lowest BCUT2D eigenvalue weighted by molar-refractivity contribution is 0.458. The SMILES string of the molecule is O=S(=O)(Nc1ccc(-c2nc3cc(NS(=O)(=O)c4ccccc4O)ccc3o2)cc1)c1ccccc1O. The third kappa shape index (κ3) is 4.92. The minimum Gasteiger partial charge on any atom is -0.507 e. The first kappa shape index (κ1) is 24.2. The third-order valence-electron chi connectivity index (χ3n) is 5.33. The quantitative estimate of drug-likeness (QED) is 0.236. The highest BCUT2D eigenvalue weighted by atomic mass is 32.2. The molecule has 188 valence electrons. The monoisotopic (exact) mass is 537 g/mol. The van der Waals surface area contributed by atoms with Gasteiger partial charge < -0.3 is 14.6 Å². The number of hydrogen-bond acceptors (Lipinski definition) is 8. The van der Waals surface area contributed by atoms with Crippen LogP contribution in [0.2, 0.25) is 0 Å². The van der Waals surface area contributed by atoms with Gasteiger partial charge in [0.25, 0.3) is 20.0 Å². The molecule has 5 aromatic rings. The fourth-order valence-electron chi connectivity index (χ4n) is 3.58. The highest BCUT2D eigenvalue weighted by Crippen LogP contribution is 2.30. The van der Waals surface area contributed by atoms with E-state index in [1.165, 1.54) is 72.8 Å². The predicted molar refractivity (Wildman–Crippen MR) is 137 cm³/mol. The van der Waals surface area contributed by atoms with E-state index < -0.39 is 20.0 Å². The molecule has 0 aliphatic heterocycles. The Morgan fingerprint density at radius 3 is 1.73 bits per heavy atom. The molecule has 0 saturated heterocycles. The van der Waals surface area contributed by atoms with Gasteiger partial charge in [0.15, 0.2) is 5.58 Å². The van der Waals surface area contributed by atoms with E-state index in [2.05, 4.69) is 14.4 Å². The summed E-state index contributed by atoms with van der Waals surface area (Å²) in [4.78, 5) is 3.91. The van der Waals surface area contributed by atoms with E-state index >= 15 is 0 Å². The maximum absolute atomic E-state index is 12.6. The standard InChI is InChI=1S/C25H19N3O7S2/c29-20-5-1-3-7-23(20)36(31,32)27-17-11-9-16(10-12-17)25-26-19-15-18(13-14-22(19)35-25)28-37(33,34)24-8-4-2-6-21(24)30/h1-15,27-30H. The van der Waals surface area contributed by atoms with Crippen molar-refractivity contribution in [3.63, 3.8) is 0 Å². The number of nitrogens with zero attached hydrogens (tertiary/aromatic N) is 1. The number of phenolic OH excluding ortho intramolecular Hbond substituents is 2. The molecular formula is C25H19N3O7S2. The fraction of sp³-hybridized carbons (Fsp3) is 0. The van der Waals surface area contributed by atoms with Crippen molar-refractivity contribution in [3.05, 3.63) is 91.0 Å². The largest absolute Gasteiger partial charge is 0.507 e. The molecule has 4 N–H and O–H groups in total. The number of oxazole rings is 1. The van der Waals surface area contributed by atoms with E-state index in [1.807, 2.05) is 0 Å². The van der Waals surface area contributed by atoms with E-state index in [1.54, 1.807) is 18.2 Å². The van der Waals surface area contributed by atoms with Crippen LogP contribution in [0.5, 0.6) is 11.5 Å². The Morgan fingerprint density at radius 1 is 0.649 bits per heavy atom. The van der Waals surface area contributed by atoms with Gasteiger partial charge in [-0.1, -0.05) is 24.3 Å². The summed E-state index contributed by atoms with van der Waals surface area (Å²) in [5.41, 5.74) is 1.84. The second-order valence-corrected chi connectivity index (χ2v) is 11.2. The van der Waals surface area contributed by atoms with Crippen LogP contribution in [0.4, 0.5) is 11.4 Å². The van der Waals surface area contributed by atoms with Gasteiger partial charge in [-0.3, -0.25) is 9.44 Å². The number of sulfonamides is 2. The molecule has 10 nitrogen and oxygen atoms in total. The Labute approximate surface area is 212 Å². The van der Waals surface area contributed by atoms with Crippen LogP contribution in [-0.2, 0) is 20.0 Å². The van der Waals surface area contributed by atoms with Crippen molar-refractivity contribution in [3.8, 4) is 23.0 Å². The van der Waals surface area contributed by atoms with Crippen LogP contribution >= 0.6 is 0 Å². The molecule has 0 spiro atoms. The van der Waals surface area contributed by atoms with E-state index in [0.717, 1.165) is 0 Å². The summed E-state index contributed by atoms with van der Waals surface area (Å²) in [6.45, 7) is 0. The molecule has 1 aromatic heterocycles. The minimum atomic E-state index is -4.03. The second-order valence-electron chi connectivity index (χ2n) is 7.93. The van der Waals surface area contributed by atoms with E-state index in [4.69, 9.17) is 4.42 Å². The van der Waals surface area contributed by atoms with E-state index in [0.29, 0.717) is 16.7 Å². The minimum absolute atomic E-state index is 0.226. The van der Waals surface area contributed by atoms with Gasteiger partial charge in [0.2, 0.25) is 5.89 Å². The predicted octanol–water partition coefficient (Wildman–Crippen LogP) is 4.51. The van der Waals surface area contributed by atoms with Gasteiger partial charge in [0.05, 0.1) is 5.69 Å². The first-order valence-corrected chi connectivity index (χ1v) is 13.7. The normalized spacial score (nSPS) is 11.9. The number of aromatic hydroxyl groups is 2. The summed E-state index contributed by atoms with van der Waals surface area (Å²) in [6, 6.07) is 22.0. The first-order chi connectivity index (χ1) is 17.6. The van der Waals surface area contributed by atoms with Crippen LogP contribution in [0.15, 0.2) is 105 Å². The number of benzene rings is 4. The summed E-state index contributed by atoms with van der Waals surface area (Å²) < 4.78 is 61.0. The van der Waals surface area contributed by atoms with Gasteiger partial charge in [0, 0.05) is 11.3 Å². The molecule has 0 bridgehead atoms. The average molecular weight is 538 g/mol. The van der Waals surface area contributed by atoms with Crippen molar-refractivity contribution in [1.82, 2.24) is 4.98 Å². The number of hydrogen-bond donors (Lipinski definition) is 4. The molecule has 0 aliphatic rings. The Balaban J connectivity index is 1.37. The Kier molecular flexibility index (Phi) is 5.97. The zero-order valence-corrected chi connectivity index (χ0v) is 20.5. The zero-order valence-electron chi connectivity index (χ0n) is 18.9. The van der Waals surface area contributed by atoms with Gasteiger partial charge in [-0.25, -0.2) is 21.8 Å². The van der Waals surface area contributed by atoms with E-state index in [9.17, 15) is 27.0 Å². The number of rotatable bonds is 7. The molecule has 37 heavy (non-hydrogen) atoms. The van der Waals surface area contributed by atoms with Crippen molar-refractivity contribution in [2.24, 2.45) is 0 Å². The molecule has 0 saturated carbocycles. The van der Waals surface area contributed by atoms with Crippen molar-refractivity contribution in [1.29, 1.82) is 0 Å². The van der Waals surface area contributed by atoms with Crippen molar-refractivity contribution < 1.29 is 31.5 Å². The molecule has 0 radical (unpaired) electrons. The fourth-order valence-corrected chi connectivity index (χ4v) is 5.89. The molecule has 0 fully saturated rings. The van der Waals surface area contributed by atoms with Gasteiger partial charge in [-0.15, -0.1) is 0 Å². The molecule has 0 aliphatic carbocycles. The first-order valence-electron chi connectivity index (χ1n) is 10.7. The van der Waals surface area contributed by atoms with Crippen LogP contribution in [-0.4, -0.2) is 32.0 Å². The van der Waals surface area contributed by atoms with Crippen LogP contribution < -0.4 is 9.44 Å². The molecule has 12 heteroatoms.